The van der Waals surface area contributed by atoms with Crippen molar-refractivity contribution in [2.24, 2.45) is 33.1 Å². The number of nitrogens with zero attached hydrogens (tertiary/aromatic N) is 1. The zero-order valence-corrected chi connectivity index (χ0v) is 15.1. The first kappa shape index (κ1) is 16.7. The van der Waals surface area contributed by atoms with Crippen molar-refractivity contribution in [1.29, 1.82) is 0 Å². The minimum atomic E-state index is -0.612. The Morgan fingerprint density at radius 3 is 2.09 bits per heavy atom. The van der Waals surface area contributed by atoms with Crippen LogP contribution in [0.3, 0.4) is 0 Å². The number of carbonyl (C=O) groups excluding carboxylic acids is 2. The molecule has 0 aromatic heterocycles. The normalized spacial score (nSPS) is 35.2. The van der Waals surface area contributed by atoms with E-state index in [1.54, 1.807) is 4.90 Å². The summed E-state index contributed by atoms with van der Waals surface area (Å²) < 4.78 is 0. The first-order chi connectivity index (χ1) is 10.4. The Balaban J connectivity index is 1.90. The molecule has 2 aliphatic carbocycles. The van der Waals surface area contributed by atoms with Crippen molar-refractivity contribution in [3.8, 4) is 0 Å². The van der Waals surface area contributed by atoms with Crippen LogP contribution in [-0.2, 0) is 9.59 Å². The smallest absolute Gasteiger partial charge is 0.240 e. The minimum absolute atomic E-state index is 0.0468. The molecule has 3 aliphatic rings. The first-order valence-electron chi connectivity index (χ1n) is 8.77. The maximum absolute atomic E-state index is 12.9. The Bertz CT molecular complexity index is 559. The highest BCUT2D eigenvalue weighted by atomic mass is 16.2. The highest BCUT2D eigenvalue weighted by Gasteiger charge is 2.85. The van der Waals surface area contributed by atoms with Crippen molar-refractivity contribution >= 4 is 11.8 Å². The van der Waals surface area contributed by atoms with E-state index in [-0.39, 0.29) is 22.2 Å². The number of fused-ring (bicyclic) bond motifs is 1. The first-order valence-corrected chi connectivity index (χ1v) is 8.77. The Morgan fingerprint density at radius 2 is 1.74 bits per heavy atom. The second kappa shape index (κ2) is 4.50. The van der Waals surface area contributed by atoms with Gasteiger partial charge < -0.3 is 16.4 Å². The fourth-order valence-corrected chi connectivity index (χ4v) is 5.63. The van der Waals surface area contributed by atoms with Crippen LogP contribution in [0.15, 0.2) is 0 Å². The number of carbonyl (C=O) groups is 2. The number of rotatable bonds is 2. The predicted octanol–water partition coefficient (Wildman–Crippen LogP) is 1.64. The van der Waals surface area contributed by atoms with Gasteiger partial charge in [0.1, 0.15) is 6.04 Å². The third-order valence-electron chi connectivity index (χ3n) is 7.62. The summed E-state index contributed by atoms with van der Waals surface area (Å²) in [7, 11) is 0. The maximum Gasteiger partial charge on any atom is 0.240 e. The fourth-order valence-electron chi connectivity index (χ4n) is 5.63. The van der Waals surface area contributed by atoms with Gasteiger partial charge in [-0.15, -0.1) is 0 Å². The molecule has 5 heteroatoms. The lowest BCUT2D eigenvalue weighted by molar-refractivity contribution is -0.140. The van der Waals surface area contributed by atoms with Gasteiger partial charge >= 0.3 is 0 Å². The average molecular weight is 321 g/mol. The molecule has 3 rings (SSSR count). The molecule has 0 aromatic carbocycles. The predicted molar refractivity (Wildman–Crippen MR) is 89.2 cm³/mol. The standard InChI is InChI=1S/C18H31N3O2/c1-15(2,3)12(19)14(23)21-10-18(9-11(21)13(20)22)16(4,5)17(18)7-6-8-17/h11-12H,6-10,19H2,1-5H3,(H2,20,22)/t11-,12+,18+/m0/s1. The molecule has 1 saturated heterocycles. The maximum atomic E-state index is 12.9. The molecule has 0 unspecified atom stereocenters. The van der Waals surface area contributed by atoms with Gasteiger partial charge in [0.2, 0.25) is 11.8 Å². The lowest BCUT2D eigenvalue weighted by Gasteiger charge is -2.33. The molecule has 4 N–H and O–H groups in total. The molecule has 3 fully saturated rings. The van der Waals surface area contributed by atoms with Crippen LogP contribution >= 0.6 is 0 Å². The minimum Gasteiger partial charge on any atom is -0.368 e. The van der Waals surface area contributed by atoms with Crippen molar-refractivity contribution in [3.63, 3.8) is 0 Å². The molecule has 2 saturated carbocycles. The van der Waals surface area contributed by atoms with E-state index >= 15 is 0 Å². The van der Waals surface area contributed by atoms with Gasteiger partial charge in [-0.3, -0.25) is 9.59 Å². The fraction of sp³-hybridized carbons (Fsp3) is 0.889. The molecule has 0 aromatic rings. The summed E-state index contributed by atoms with van der Waals surface area (Å²) in [6, 6.07) is -1.12. The van der Waals surface area contributed by atoms with E-state index in [1.807, 2.05) is 20.8 Å². The van der Waals surface area contributed by atoms with Crippen LogP contribution in [0.2, 0.25) is 0 Å². The summed E-state index contributed by atoms with van der Waals surface area (Å²) >= 11 is 0. The van der Waals surface area contributed by atoms with Crippen LogP contribution in [0.5, 0.6) is 0 Å². The van der Waals surface area contributed by atoms with Gasteiger partial charge in [-0.2, -0.15) is 0 Å². The molecule has 1 heterocycles. The number of primary amides is 1. The zero-order chi connectivity index (χ0) is 17.4. The van der Waals surface area contributed by atoms with Crippen molar-refractivity contribution in [3.05, 3.63) is 0 Å². The van der Waals surface area contributed by atoms with Crippen LogP contribution in [0.4, 0.5) is 0 Å². The van der Waals surface area contributed by atoms with Crippen molar-refractivity contribution in [2.45, 2.75) is 72.4 Å². The van der Waals surface area contributed by atoms with E-state index in [2.05, 4.69) is 13.8 Å². The lowest BCUT2D eigenvalue weighted by atomic mass is 9.73. The van der Waals surface area contributed by atoms with E-state index in [0.717, 1.165) is 0 Å². The summed E-state index contributed by atoms with van der Waals surface area (Å²) in [4.78, 5) is 26.7. The van der Waals surface area contributed by atoms with Gasteiger partial charge in [0.15, 0.2) is 0 Å². The van der Waals surface area contributed by atoms with E-state index in [0.29, 0.717) is 18.4 Å². The van der Waals surface area contributed by atoms with Gasteiger partial charge in [-0.05, 0) is 35.5 Å². The van der Waals surface area contributed by atoms with Gasteiger partial charge in [0.05, 0.1) is 6.04 Å². The Hall–Kier alpha value is -1.10. The second-order valence-corrected chi connectivity index (χ2v) is 9.57. The Labute approximate surface area is 139 Å². The summed E-state index contributed by atoms with van der Waals surface area (Å²) in [5.74, 6) is -0.524. The van der Waals surface area contributed by atoms with Gasteiger partial charge in [-0.25, -0.2) is 0 Å². The van der Waals surface area contributed by atoms with Gasteiger partial charge in [0.25, 0.3) is 0 Å². The zero-order valence-electron chi connectivity index (χ0n) is 15.1. The van der Waals surface area contributed by atoms with Crippen molar-refractivity contribution < 1.29 is 9.59 Å². The largest absolute Gasteiger partial charge is 0.368 e. The second-order valence-electron chi connectivity index (χ2n) is 9.57. The van der Waals surface area contributed by atoms with Gasteiger partial charge in [0, 0.05) is 12.0 Å². The Morgan fingerprint density at radius 1 is 1.17 bits per heavy atom. The summed E-state index contributed by atoms with van der Waals surface area (Å²) in [5, 5.41) is 0. The highest BCUT2D eigenvalue weighted by Crippen LogP contribution is 2.88. The molecular formula is C18H31N3O2. The summed E-state index contributed by atoms with van der Waals surface area (Å²) in [5.41, 5.74) is 12.0. The number of amides is 2. The van der Waals surface area contributed by atoms with Crippen LogP contribution in [0.1, 0.15) is 60.3 Å². The third kappa shape index (κ3) is 1.83. The van der Waals surface area contributed by atoms with E-state index in [9.17, 15) is 9.59 Å². The molecule has 2 amide bonds. The SMILES string of the molecule is CC(C)(C)[C@H](N)C(=O)N1C[C@]2(C[C@H]1C(N)=O)C(C)(C)C21CCC1. The topological polar surface area (TPSA) is 89.4 Å². The van der Waals surface area contributed by atoms with Gasteiger partial charge in [-0.1, -0.05) is 41.0 Å². The monoisotopic (exact) mass is 321 g/mol. The molecule has 0 radical (unpaired) electrons. The third-order valence-corrected chi connectivity index (χ3v) is 7.62. The number of hydrogen-bond donors (Lipinski definition) is 2. The van der Waals surface area contributed by atoms with Crippen LogP contribution in [-0.4, -0.2) is 35.3 Å². The van der Waals surface area contributed by atoms with Crippen LogP contribution in [0.25, 0.3) is 0 Å². The molecule has 2 spiro atoms. The highest BCUT2D eigenvalue weighted by molar-refractivity contribution is 5.90. The molecule has 5 nitrogen and oxygen atoms in total. The van der Waals surface area contributed by atoms with Crippen LogP contribution in [0, 0.1) is 21.7 Å². The summed E-state index contributed by atoms with van der Waals surface area (Å²) in [6.07, 6.45) is 4.37. The molecular weight excluding hydrogens is 290 g/mol. The van der Waals surface area contributed by atoms with E-state index in [1.165, 1.54) is 19.3 Å². The molecule has 1 aliphatic heterocycles. The van der Waals surface area contributed by atoms with Crippen molar-refractivity contribution in [2.75, 3.05) is 6.54 Å². The van der Waals surface area contributed by atoms with Crippen LogP contribution < -0.4 is 11.5 Å². The van der Waals surface area contributed by atoms with E-state index < -0.39 is 18.0 Å². The quantitative estimate of drug-likeness (QED) is 0.810. The molecule has 23 heavy (non-hydrogen) atoms. The number of likely N-dealkylation sites (tertiary alicyclic amines) is 1. The van der Waals surface area contributed by atoms with Crippen molar-refractivity contribution in [1.82, 2.24) is 4.90 Å². The number of nitrogens with two attached hydrogens (primary N) is 2. The molecule has 0 bridgehead atoms. The molecule has 130 valence electrons. The van der Waals surface area contributed by atoms with E-state index in [4.69, 9.17) is 11.5 Å². The number of hydrogen-bond acceptors (Lipinski definition) is 3. The average Bonchev–Trinajstić information content (AvgIpc) is 2.68. The molecule has 3 atom stereocenters. The summed E-state index contributed by atoms with van der Waals surface area (Å²) in [6.45, 7) is 11.1. The lowest BCUT2D eigenvalue weighted by Crippen LogP contribution is -2.54. The Kier molecular flexibility index (Phi) is 3.27.